The van der Waals surface area contributed by atoms with Crippen LogP contribution < -0.4 is 5.32 Å². The Morgan fingerprint density at radius 2 is 2.36 bits per heavy atom. The van der Waals surface area contributed by atoms with E-state index in [-0.39, 0.29) is 0 Å². The van der Waals surface area contributed by atoms with E-state index in [9.17, 15) is 0 Å². The smallest absolute Gasteiger partial charge is 0.0471 e. The van der Waals surface area contributed by atoms with Crippen molar-refractivity contribution < 1.29 is 5.11 Å². The number of hydrogen-bond donors (Lipinski definition) is 2. The lowest BCUT2D eigenvalue weighted by molar-refractivity contribution is 0.192. The summed E-state index contributed by atoms with van der Waals surface area (Å²) in [6, 6.07) is 0.634. The SMILES string of the molecule is CCC(CO)CNC1CCCN(C)C1. The van der Waals surface area contributed by atoms with Crippen LogP contribution in [-0.2, 0) is 0 Å². The molecular weight excluding hydrogens is 176 g/mol. The first-order valence-electron chi connectivity index (χ1n) is 5.79. The maximum absolute atomic E-state index is 9.06. The zero-order valence-corrected chi connectivity index (χ0v) is 9.50. The minimum absolute atomic E-state index is 0.312. The van der Waals surface area contributed by atoms with Crippen molar-refractivity contribution in [3.05, 3.63) is 0 Å². The first-order valence-corrected chi connectivity index (χ1v) is 5.79. The second-order valence-corrected chi connectivity index (χ2v) is 4.47. The lowest BCUT2D eigenvalue weighted by Crippen LogP contribution is -2.45. The molecule has 0 amide bonds. The average Bonchev–Trinajstić information content (AvgIpc) is 2.19. The topological polar surface area (TPSA) is 35.5 Å². The molecule has 0 radical (unpaired) electrons. The van der Waals surface area contributed by atoms with E-state index in [4.69, 9.17) is 5.11 Å². The number of nitrogens with zero attached hydrogens (tertiary/aromatic N) is 1. The second kappa shape index (κ2) is 6.38. The van der Waals surface area contributed by atoms with Gasteiger partial charge in [0, 0.05) is 25.7 Å². The highest BCUT2D eigenvalue weighted by Crippen LogP contribution is 2.08. The number of rotatable bonds is 5. The van der Waals surface area contributed by atoms with Gasteiger partial charge in [0.25, 0.3) is 0 Å². The van der Waals surface area contributed by atoms with Crippen molar-refractivity contribution in [3.63, 3.8) is 0 Å². The van der Waals surface area contributed by atoms with Crippen LogP contribution in [0.5, 0.6) is 0 Å². The fourth-order valence-corrected chi connectivity index (χ4v) is 2.00. The molecule has 0 aromatic heterocycles. The molecule has 0 aromatic rings. The standard InChI is InChI=1S/C11H24N2O/c1-3-10(9-14)7-12-11-5-4-6-13(2)8-11/h10-12,14H,3-9H2,1-2H3. The Labute approximate surface area is 87.5 Å². The number of piperidine rings is 1. The van der Waals surface area contributed by atoms with Gasteiger partial charge in [-0.05, 0) is 38.8 Å². The van der Waals surface area contributed by atoms with Crippen LogP contribution in [0.2, 0.25) is 0 Å². The Kier molecular flexibility index (Phi) is 5.45. The molecule has 14 heavy (non-hydrogen) atoms. The van der Waals surface area contributed by atoms with Gasteiger partial charge in [0.1, 0.15) is 0 Å². The van der Waals surface area contributed by atoms with Crippen LogP contribution in [0.3, 0.4) is 0 Å². The quantitative estimate of drug-likeness (QED) is 0.685. The second-order valence-electron chi connectivity index (χ2n) is 4.47. The molecule has 0 aromatic carbocycles. The predicted octanol–water partition coefficient (Wildman–Crippen LogP) is 0.689. The van der Waals surface area contributed by atoms with E-state index in [0.29, 0.717) is 18.6 Å². The van der Waals surface area contributed by atoms with Gasteiger partial charge >= 0.3 is 0 Å². The average molecular weight is 200 g/mol. The number of aliphatic hydroxyl groups is 1. The molecule has 2 unspecified atom stereocenters. The van der Waals surface area contributed by atoms with Gasteiger partial charge in [-0.3, -0.25) is 0 Å². The molecule has 1 heterocycles. The summed E-state index contributed by atoms with van der Waals surface area (Å²) in [5, 5.41) is 12.6. The molecule has 1 rings (SSSR count). The van der Waals surface area contributed by atoms with Crippen LogP contribution in [-0.4, -0.2) is 49.3 Å². The normalized spacial score (nSPS) is 26.4. The van der Waals surface area contributed by atoms with E-state index < -0.39 is 0 Å². The van der Waals surface area contributed by atoms with Crippen molar-refractivity contribution in [1.82, 2.24) is 10.2 Å². The summed E-state index contributed by atoms with van der Waals surface area (Å²) in [4.78, 5) is 2.38. The number of nitrogens with one attached hydrogen (secondary N) is 1. The molecule has 84 valence electrons. The van der Waals surface area contributed by atoms with Crippen LogP contribution in [0.1, 0.15) is 26.2 Å². The molecule has 1 aliphatic rings. The van der Waals surface area contributed by atoms with Crippen molar-refractivity contribution >= 4 is 0 Å². The molecule has 0 bridgehead atoms. The van der Waals surface area contributed by atoms with Gasteiger partial charge in [-0.15, -0.1) is 0 Å². The van der Waals surface area contributed by atoms with E-state index in [1.807, 2.05) is 0 Å². The van der Waals surface area contributed by atoms with Crippen molar-refractivity contribution in [2.45, 2.75) is 32.2 Å². The first-order chi connectivity index (χ1) is 6.76. The monoisotopic (exact) mass is 200 g/mol. The molecule has 2 atom stereocenters. The van der Waals surface area contributed by atoms with E-state index in [0.717, 1.165) is 19.5 Å². The summed E-state index contributed by atoms with van der Waals surface area (Å²) in [7, 11) is 2.18. The molecule has 3 nitrogen and oxygen atoms in total. The highest BCUT2D eigenvalue weighted by atomic mass is 16.3. The van der Waals surface area contributed by atoms with Gasteiger partial charge < -0.3 is 15.3 Å². The minimum atomic E-state index is 0.312. The van der Waals surface area contributed by atoms with Crippen molar-refractivity contribution in [2.75, 3.05) is 33.3 Å². The molecule has 3 heteroatoms. The Morgan fingerprint density at radius 1 is 1.57 bits per heavy atom. The van der Waals surface area contributed by atoms with Crippen LogP contribution in [0.4, 0.5) is 0 Å². The third-order valence-corrected chi connectivity index (χ3v) is 3.16. The zero-order chi connectivity index (χ0) is 10.4. The molecule has 0 aliphatic carbocycles. The van der Waals surface area contributed by atoms with E-state index >= 15 is 0 Å². The van der Waals surface area contributed by atoms with Crippen LogP contribution in [0.15, 0.2) is 0 Å². The number of likely N-dealkylation sites (N-methyl/N-ethyl adjacent to an activating group) is 1. The predicted molar refractivity (Wildman–Crippen MR) is 59.4 cm³/mol. The van der Waals surface area contributed by atoms with Gasteiger partial charge in [0.05, 0.1) is 0 Å². The molecule has 0 saturated carbocycles. The molecule has 2 N–H and O–H groups in total. The molecular formula is C11H24N2O. The Bertz CT molecular complexity index is 148. The van der Waals surface area contributed by atoms with Gasteiger partial charge in [0.15, 0.2) is 0 Å². The van der Waals surface area contributed by atoms with E-state index in [1.54, 1.807) is 0 Å². The summed E-state index contributed by atoms with van der Waals surface area (Å²) in [6.45, 7) is 5.80. The molecule has 1 fully saturated rings. The van der Waals surface area contributed by atoms with Crippen LogP contribution in [0.25, 0.3) is 0 Å². The highest BCUT2D eigenvalue weighted by molar-refractivity contribution is 4.77. The summed E-state index contributed by atoms with van der Waals surface area (Å²) in [5.41, 5.74) is 0. The maximum atomic E-state index is 9.06. The Balaban J connectivity index is 2.16. The fourth-order valence-electron chi connectivity index (χ4n) is 2.00. The third kappa shape index (κ3) is 3.95. The fraction of sp³-hybridized carbons (Fsp3) is 1.00. The van der Waals surface area contributed by atoms with Crippen LogP contribution >= 0.6 is 0 Å². The van der Waals surface area contributed by atoms with Crippen molar-refractivity contribution in [3.8, 4) is 0 Å². The number of likely N-dealkylation sites (tertiary alicyclic amines) is 1. The van der Waals surface area contributed by atoms with Gasteiger partial charge in [-0.25, -0.2) is 0 Å². The number of hydrogen-bond acceptors (Lipinski definition) is 3. The Hall–Kier alpha value is -0.120. The summed E-state index contributed by atoms with van der Waals surface area (Å²) in [6.07, 6.45) is 3.64. The number of aliphatic hydroxyl groups excluding tert-OH is 1. The molecule has 1 saturated heterocycles. The largest absolute Gasteiger partial charge is 0.396 e. The summed E-state index contributed by atoms with van der Waals surface area (Å²) in [5.74, 6) is 0.433. The summed E-state index contributed by atoms with van der Waals surface area (Å²) >= 11 is 0. The molecule has 1 aliphatic heterocycles. The van der Waals surface area contributed by atoms with Crippen LogP contribution in [0, 0.1) is 5.92 Å². The Morgan fingerprint density at radius 3 is 2.93 bits per heavy atom. The van der Waals surface area contributed by atoms with Gasteiger partial charge in [-0.2, -0.15) is 0 Å². The van der Waals surface area contributed by atoms with E-state index in [2.05, 4.69) is 24.2 Å². The lowest BCUT2D eigenvalue weighted by atomic mass is 10.0. The van der Waals surface area contributed by atoms with Gasteiger partial charge in [-0.1, -0.05) is 6.92 Å². The zero-order valence-electron chi connectivity index (χ0n) is 9.50. The van der Waals surface area contributed by atoms with E-state index in [1.165, 1.54) is 19.4 Å². The van der Waals surface area contributed by atoms with Gasteiger partial charge in [0.2, 0.25) is 0 Å². The molecule has 0 spiro atoms. The first kappa shape index (κ1) is 12.0. The van der Waals surface area contributed by atoms with Crippen molar-refractivity contribution in [1.29, 1.82) is 0 Å². The maximum Gasteiger partial charge on any atom is 0.0471 e. The lowest BCUT2D eigenvalue weighted by Gasteiger charge is -2.31. The minimum Gasteiger partial charge on any atom is -0.396 e. The summed E-state index contributed by atoms with van der Waals surface area (Å²) < 4.78 is 0. The third-order valence-electron chi connectivity index (χ3n) is 3.16. The highest BCUT2D eigenvalue weighted by Gasteiger charge is 2.17. The van der Waals surface area contributed by atoms with Crippen molar-refractivity contribution in [2.24, 2.45) is 5.92 Å².